The number of carboxylic acid groups (broad SMARTS) is 1. The van der Waals surface area contributed by atoms with Crippen molar-refractivity contribution in [1.29, 1.82) is 0 Å². The largest absolute Gasteiger partial charge is 0.493 e. The Kier molecular flexibility index (Phi) is 5.78. The van der Waals surface area contributed by atoms with E-state index in [1.807, 2.05) is 6.92 Å². The molecule has 1 heterocycles. The maximum atomic E-state index is 12.3. The Balaban J connectivity index is 1.85. The third-order valence-electron chi connectivity index (χ3n) is 4.06. The highest BCUT2D eigenvalue weighted by Crippen LogP contribution is 2.22. The van der Waals surface area contributed by atoms with E-state index in [1.165, 1.54) is 6.07 Å². The van der Waals surface area contributed by atoms with Crippen LogP contribution in [0.4, 0.5) is 0 Å². The second-order valence-corrected chi connectivity index (χ2v) is 6.17. The lowest BCUT2D eigenvalue weighted by molar-refractivity contribution is -0.147. The van der Waals surface area contributed by atoms with Crippen molar-refractivity contribution >= 4 is 17.8 Å². The van der Waals surface area contributed by atoms with Gasteiger partial charge in [0, 0.05) is 18.7 Å². The van der Waals surface area contributed by atoms with Crippen LogP contribution >= 0.6 is 0 Å². The van der Waals surface area contributed by atoms with Gasteiger partial charge in [-0.3, -0.25) is 14.4 Å². The zero-order valence-corrected chi connectivity index (χ0v) is 13.6. The van der Waals surface area contributed by atoms with Crippen LogP contribution in [0.5, 0.6) is 5.75 Å². The molecule has 0 aliphatic carbocycles. The van der Waals surface area contributed by atoms with Gasteiger partial charge in [-0.1, -0.05) is 13.0 Å². The van der Waals surface area contributed by atoms with E-state index in [0.717, 1.165) is 0 Å². The topological polar surface area (TPSA) is 110 Å². The number of benzene rings is 1. The molecule has 3 N–H and O–H groups in total. The Morgan fingerprint density at radius 1 is 1.33 bits per heavy atom. The predicted molar refractivity (Wildman–Crippen MR) is 86.6 cm³/mol. The van der Waals surface area contributed by atoms with Crippen molar-refractivity contribution < 1.29 is 24.2 Å². The number of aliphatic carboxylic acids is 1. The maximum absolute atomic E-state index is 12.3. The highest BCUT2D eigenvalue weighted by Gasteiger charge is 2.31. The lowest BCUT2D eigenvalue weighted by Crippen LogP contribution is -2.45. The maximum Gasteiger partial charge on any atom is 0.308 e. The van der Waals surface area contributed by atoms with E-state index in [9.17, 15) is 14.4 Å². The molecule has 2 atom stereocenters. The minimum absolute atomic E-state index is 0.126. The molecule has 1 aromatic rings. The number of amides is 2. The quantitative estimate of drug-likeness (QED) is 0.810. The number of nitrogens with zero attached hydrogens (tertiary/aromatic N) is 1. The third kappa shape index (κ3) is 4.71. The van der Waals surface area contributed by atoms with Gasteiger partial charge >= 0.3 is 5.97 Å². The van der Waals surface area contributed by atoms with Crippen LogP contribution in [-0.2, 0) is 9.59 Å². The molecule has 0 bridgehead atoms. The van der Waals surface area contributed by atoms with Gasteiger partial charge in [0.2, 0.25) is 11.8 Å². The van der Waals surface area contributed by atoms with Crippen molar-refractivity contribution in [2.45, 2.75) is 19.8 Å². The Bertz CT molecular complexity index is 631. The smallest absolute Gasteiger partial charge is 0.308 e. The zero-order valence-electron chi connectivity index (χ0n) is 13.6. The third-order valence-corrected chi connectivity index (χ3v) is 4.06. The molecule has 2 rings (SSSR count). The highest BCUT2D eigenvalue weighted by molar-refractivity contribution is 5.93. The van der Waals surface area contributed by atoms with E-state index < -0.39 is 17.8 Å². The van der Waals surface area contributed by atoms with E-state index >= 15 is 0 Å². The summed E-state index contributed by atoms with van der Waals surface area (Å²) < 4.78 is 5.49. The molecule has 7 heteroatoms. The molecule has 24 heavy (non-hydrogen) atoms. The highest BCUT2D eigenvalue weighted by atomic mass is 16.5. The van der Waals surface area contributed by atoms with Gasteiger partial charge in [0.1, 0.15) is 5.75 Å². The molecular formula is C17H22N2O5. The molecule has 1 fully saturated rings. The number of carbonyl (C=O) groups excluding carboxylic acids is 2. The number of ether oxygens (including phenoxy) is 1. The molecule has 0 aromatic heterocycles. The standard InChI is InChI=1S/C17H22N2O5/c1-11-7-13(17(22)23)10-19(9-11)15(20)5-6-24-14-4-2-3-12(8-14)16(18)21/h2-4,8,11,13H,5-7,9-10H2,1H3,(H2,18,21)(H,22,23). The van der Waals surface area contributed by atoms with Crippen LogP contribution in [-0.4, -0.2) is 47.5 Å². The Morgan fingerprint density at radius 2 is 2.08 bits per heavy atom. The molecule has 1 aromatic carbocycles. The summed E-state index contributed by atoms with van der Waals surface area (Å²) in [4.78, 5) is 36.1. The van der Waals surface area contributed by atoms with Gasteiger partial charge in [0.05, 0.1) is 18.9 Å². The number of nitrogens with two attached hydrogens (primary N) is 1. The van der Waals surface area contributed by atoms with Gasteiger partial charge in [-0.05, 0) is 30.5 Å². The summed E-state index contributed by atoms with van der Waals surface area (Å²) >= 11 is 0. The Hall–Kier alpha value is -2.57. The summed E-state index contributed by atoms with van der Waals surface area (Å²) in [7, 11) is 0. The molecule has 1 aliphatic rings. The second kappa shape index (κ2) is 7.81. The zero-order chi connectivity index (χ0) is 17.7. The number of carbonyl (C=O) groups is 3. The first-order valence-corrected chi connectivity index (χ1v) is 7.90. The first-order chi connectivity index (χ1) is 11.4. The molecule has 130 valence electrons. The summed E-state index contributed by atoms with van der Waals surface area (Å²) in [5.41, 5.74) is 5.54. The average molecular weight is 334 g/mol. The number of hydrogen-bond acceptors (Lipinski definition) is 4. The molecule has 7 nitrogen and oxygen atoms in total. The van der Waals surface area contributed by atoms with Gasteiger partial charge in [-0.25, -0.2) is 0 Å². The molecule has 2 unspecified atom stereocenters. The number of rotatable bonds is 6. The Labute approximate surface area is 140 Å². The van der Waals surface area contributed by atoms with E-state index in [0.29, 0.717) is 24.3 Å². The van der Waals surface area contributed by atoms with Crippen LogP contribution in [0.3, 0.4) is 0 Å². The summed E-state index contributed by atoms with van der Waals surface area (Å²) in [6, 6.07) is 6.44. The molecule has 0 spiro atoms. The minimum Gasteiger partial charge on any atom is -0.493 e. The summed E-state index contributed by atoms with van der Waals surface area (Å²) in [5.74, 6) is -1.41. The van der Waals surface area contributed by atoms with Crippen LogP contribution in [0.25, 0.3) is 0 Å². The van der Waals surface area contributed by atoms with E-state index in [4.69, 9.17) is 15.6 Å². The first-order valence-electron chi connectivity index (χ1n) is 7.90. The van der Waals surface area contributed by atoms with Gasteiger partial charge in [0.15, 0.2) is 0 Å². The lowest BCUT2D eigenvalue weighted by Gasteiger charge is -2.34. The molecule has 0 saturated carbocycles. The van der Waals surface area contributed by atoms with Gasteiger partial charge < -0.3 is 20.5 Å². The van der Waals surface area contributed by atoms with Gasteiger partial charge in [-0.2, -0.15) is 0 Å². The SMILES string of the molecule is CC1CC(C(=O)O)CN(C(=O)CCOc2cccc(C(N)=O)c2)C1. The van der Waals surface area contributed by atoms with Crippen LogP contribution in [0.2, 0.25) is 0 Å². The monoisotopic (exact) mass is 334 g/mol. The van der Waals surface area contributed by atoms with Crippen molar-refractivity contribution in [2.75, 3.05) is 19.7 Å². The molecule has 2 amide bonds. The first kappa shape index (κ1) is 17.8. The number of piperidine rings is 1. The van der Waals surface area contributed by atoms with Crippen molar-refractivity contribution in [1.82, 2.24) is 4.90 Å². The predicted octanol–water partition coefficient (Wildman–Crippen LogP) is 1.12. The van der Waals surface area contributed by atoms with Crippen molar-refractivity contribution in [2.24, 2.45) is 17.6 Å². The molecule has 0 radical (unpaired) electrons. The summed E-state index contributed by atoms with van der Waals surface area (Å²) in [5, 5.41) is 9.15. The fourth-order valence-electron chi connectivity index (χ4n) is 2.89. The average Bonchev–Trinajstić information content (AvgIpc) is 2.54. The van der Waals surface area contributed by atoms with E-state index in [-0.39, 0.29) is 31.4 Å². The van der Waals surface area contributed by atoms with Gasteiger partial charge in [0.25, 0.3) is 0 Å². The van der Waals surface area contributed by atoms with Crippen LogP contribution < -0.4 is 10.5 Å². The molecule has 1 saturated heterocycles. The number of primary amides is 1. The molecule has 1 aliphatic heterocycles. The fourth-order valence-corrected chi connectivity index (χ4v) is 2.89. The van der Waals surface area contributed by atoms with Crippen LogP contribution in [0, 0.1) is 11.8 Å². The van der Waals surface area contributed by atoms with Gasteiger partial charge in [-0.15, -0.1) is 0 Å². The van der Waals surface area contributed by atoms with Crippen LogP contribution in [0.15, 0.2) is 24.3 Å². The Morgan fingerprint density at radius 3 is 2.75 bits per heavy atom. The van der Waals surface area contributed by atoms with Crippen LogP contribution in [0.1, 0.15) is 30.1 Å². The number of likely N-dealkylation sites (tertiary alicyclic amines) is 1. The minimum atomic E-state index is -0.862. The van der Waals surface area contributed by atoms with E-state index in [1.54, 1.807) is 23.1 Å². The second-order valence-electron chi connectivity index (χ2n) is 6.17. The lowest BCUT2D eigenvalue weighted by atomic mass is 9.90. The summed E-state index contributed by atoms with van der Waals surface area (Å²) in [6.07, 6.45) is 0.745. The normalized spacial score (nSPS) is 20.5. The van der Waals surface area contributed by atoms with Crippen molar-refractivity contribution in [3.63, 3.8) is 0 Å². The number of carboxylic acids is 1. The molecular weight excluding hydrogens is 312 g/mol. The summed E-state index contributed by atoms with van der Waals surface area (Å²) in [6.45, 7) is 2.92. The fraction of sp³-hybridized carbons (Fsp3) is 0.471. The number of hydrogen-bond donors (Lipinski definition) is 2. The van der Waals surface area contributed by atoms with E-state index in [2.05, 4.69) is 0 Å². The van der Waals surface area contributed by atoms with Crippen molar-refractivity contribution in [3.8, 4) is 5.75 Å². The van der Waals surface area contributed by atoms with Crippen molar-refractivity contribution in [3.05, 3.63) is 29.8 Å².